The van der Waals surface area contributed by atoms with Crippen molar-refractivity contribution in [1.29, 1.82) is 0 Å². The zero-order valence-electron chi connectivity index (χ0n) is 10.2. The number of benzene rings is 1. The summed E-state index contributed by atoms with van der Waals surface area (Å²) in [4.78, 5) is 0. The van der Waals surface area contributed by atoms with Crippen molar-refractivity contribution in [3.63, 3.8) is 0 Å². The highest BCUT2D eigenvalue weighted by atomic mass is 79.9. The third-order valence-electron chi connectivity index (χ3n) is 3.90. The van der Waals surface area contributed by atoms with Gasteiger partial charge in [0.2, 0.25) is 0 Å². The smallest absolute Gasteiger partial charge is 0.123 e. The van der Waals surface area contributed by atoms with Crippen LogP contribution in [0.3, 0.4) is 0 Å². The summed E-state index contributed by atoms with van der Waals surface area (Å²) in [5, 5.41) is 1.04. The molecule has 1 fully saturated rings. The highest BCUT2D eigenvalue weighted by molar-refractivity contribution is 9.09. The van der Waals surface area contributed by atoms with Gasteiger partial charge >= 0.3 is 0 Å². The molecule has 0 aromatic heterocycles. The zero-order chi connectivity index (χ0) is 12.1. The molecule has 0 N–H and O–H groups in total. The van der Waals surface area contributed by atoms with Crippen LogP contribution in [0.5, 0.6) is 0 Å². The van der Waals surface area contributed by atoms with E-state index in [0.29, 0.717) is 5.92 Å². The van der Waals surface area contributed by atoms with Crippen molar-refractivity contribution in [2.45, 2.75) is 38.5 Å². The van der Waals surface area contributed by atoms with E-state index in [0.717, 1.165) is 23.2 Å². The summed E-state index contributed by atoms with van der Waals surface area (Å²) in [6.07, 6.45) is 7.85. The van der Waals surface area contributed by atoms with Crippen LogP contribution >= 0.6 is 15.9 Å². The van der Waals surface area contributed by atoms with Gasteiger partial charge in [0.15, 0.2) is 0 Å². The van der Waals surface area contributed by atoms with Gasteiger partial charge in [0.25, 0.3) is 0 Å². The first-order valence-corrected chi connectivity index (χ1v) is 7.72. The Labute approximate surface area is 112 Å². The molecule has 1 aliphatic rings. The first kappa shape index (κ1) is 13.1. The fourth-order valence-corrected chi connectivity index (χ4v) is 3.68. The van der Waals surface area contributed by atoms with Crippen LogP contribution in [0.2, 0.25) is 0 Å². The number of rotatable bonds is 4. The van der Waals surface area contributed by atoms with Gasteiger partial charge < -0.3 is 0 Å². The molecule has 2 rings (SSSR count). The Balaban J connectivity index is 1.98. The highest BCUT2D eigenvalue weighted by Gasteiger charge is 2.22. The van der Waals surface area contributed by atoms with E-state index in [9.17, 15) is 4.39 Å². The first-order valence-electron chi connectivity index (χ1n) is 6.60. The third-order valence-corrected chi connectivity index (χ3v) is 4.73. The van der Waals surface area contributed by atoms with E-state index >= 15 is 0 Å². The lowest BCUT2D eigenvalue weighted by atomic mass is 9.78. The molecule has 1 unspecified atom stereocenters. The molecule has 17 heavy (non-hydrogen) atoms. The lowest BCUT2D eigenvalue weighted by Gasteiger charge is -2.29. The van der Waals surface area contributed by atoms with Gasteiger partial charge in [-0.05, 0) is 36.0 Å². The van der Waals surface area contributed by atoms with E-state index in [2.05, 4.69) is 15.9 Å². The van der Waals surface area contributed by atoms with E-state index in [4.69, 9.17) is 0 Å². The summed E-state index contributed by atoms with van der Waals surface area (Å²) in [6, 6.07) is 7.06. The predicted octanol–water partition coefficient (Wildman–Crippen LogP) is 4.96. The molecular weight excluding hydrogens is 279 g/mol. The lowest BCUT2D eigenvalue weighted by Crippen LogP contribution is -2.21. The van der Waals surface area contributed by atoms with E-state index < -0.39 is 0 Å². The summed E-state index contributed by atoms with van der Waals surface area (Å²) in [7, 11) is 0. The van der Waals surface area contributed by atoms with Crippen molar-refractivity contribution in [3.8, 4) is 0 Å². The van der Waals surface area contributed by atoms with Crippen LogP contribution in [0.25, 0.3) is 0 Å². The van der Waals surface area contributed by atoms with Gasteiger partial charge in [0, 0.05) is 5.33 Å². The van der Waals surface area contributed by atoms with E-state index in [1.807, 2.05) is 12.1 Å². The van der Waals surface area contributed by atoms with Crippen LogP contribution in [-0.4, -0.2) is 5.33 Å². The van der Waals surface area contributed by atoms with E-state index in [1.165, 1.54) is 38.2 Å². The molecule has 0 aliphatic heterocycles. The van der Waals surface area contributed by atoms with Crippen molar-refractivity contribution >= 4 is 15.9 Å². The molecule has 94 valence electrons. The Morgan fingerprint density at radius 2 is 2.00 bits per heavy atom. The zero-order valence-corrected chi connectivity index (χ0v) is 11.8. The summed E-state index contributed by atoms with van der Waals surface area (Å²) in [5.74, 6) is 1.38. The van der Waals surface area contributed by atoms with E-state index in [-0.39, 0.29) is 5.82 Å². The predicted molar refractivity (Wildman–Crippen MR) is 74.0 cm³/mol. The molecule has 0 nitrogen and oxygen atoms in total. The molecule has 0 bridgehead atoms. The lowest BCUT2D eigenvalue weighted by molar-refractivity contribution is 0.267. The second kappa shape index (κ2) is 6.53. The van der Waals surface area contributed by atoms with Crippen molar-refractivity contribution in [3.05, 3.63) is 35.6 Å². The second-order valence-corrected chi connectivity index (χ2v) is 5.79. The normalized spacial score (nSPS) is 19.2. The average molecular weight is 299 g/mol. The quantitative estimate of drug-likeness (QED) is 0.689. The van der Waals surface area contributed by atoms with Crippen LogP contribution in [-0.2, 0) is 6.42 Å². The van der Waals surface area contributed by atoms with Crippen molar-refractivity contribution in [2.24, 2.45) is 11.8 Å². The van der Waals surface area contributed by atoms with Gasteiger partial charge in [-0.1, -0.05) is 60.2 Å². The van der Waals surface area contributed by atoms with Crippen LogP contribution in [0.4, 0.5) is 4.39 Å². The maximum atomic E-state index is 13.2. The van der Waals surface area contributed by atoms with Gasteiger partial charge in [0.05, 0.1) is 0 Å². The minimum atomic E-state index is -0.112. The summed E-state index contributed by atoms with van der Waals surface area (Å²) < 4.78 is 13.2. The van der Waals surface area contributed by atoms with Gasteiger partial charge in [-0.2, -0.15) is 0 Å². The van der Waals surface area contributed by atoms with Crippen LogP contribution in [0.15, 0.2) is 24.3 Å². The van der Waals surface area contributed by atoms with Crippen molar-refractivity contribution in [2.75, 3.05) is 5.33 Å². The molecule has 1 atom stereocenters. The molecule has 0 radical (unpaired) electrons. The largest absolute Gasteiger partial charge is 0.207 e. The summed E-state index contributed by atoms with van der Waals surface area (Å²) in [5.41, 5.74) is 1.14. The monoisotopic (exact) mass is 298 g/mol. The van der Waals surface area contributed by atoms with Gasteiger partial charge in [-0.25, -0.2) is 4.39 Å². The molecule has 0 heterocycles. The molecule has 1 aromatic carbocycles. The molecule has 0 saturated heterocycles. The van der Waals surface area contributed by atoms with E-state index in [1.54, 1.807) is 6.07 Å². The molecule has 1 saturated carbocycles. The molecule has 1 aromatic rings. The Kier molecular flexibility index (Phi) is 5.02. The van der Waals surface area contributed by atoms with Crippen molar-refractivity contribution < 1.29 is 4.39 Å². The standard InChI is InChI=1S/C15H20BrF/c16-11-14(13-6-2-1-3-7-13)9-12-5-4-8-15(17)10-12/h4-5,8,10,13-14H,1-3,6-7,9,11H2. The number of hydrogen-bond donors (Lipinski definition) is 0. The van der Waals surface area contributed by atoms with Crippen LogP contribution < -0.4 is 0 Å². The Hall–Kier alpha value is -0.370. The maximum absolute atomic E-state index is 13.2. The number of hydrogen-bond acceptors (Lipinski definition) is 0. The molecule has 0 amide bonds. The summed E-state index contributed by atoms with van der Waals surface area (Å²) >= 11 is 3.63. The van der Waals surface area contributed by atoms with Crippen LogP contribution in [0.1, 0.15) is 37.7 Å². The molecule has 1 aliphatic carbocycles. The third kappa shape index (κ3) is 3.80. The van der Waals surface area contributed by atoms with Gasteiger partial charge in [-0.15, -0.1) is 0 Å². The maximum Gasteiger partial charge on any atom is 0.123 e. The molecule has 2 heteroatoms. The van der Waals surface area contributed by atoms with Gasteiger partial charge in [-0.3, -0.25) is 0 Å². The average Bonchev–Trinajstić information content (AvgIpc) is 2.37. The van der Waals surface area contributed by atoms with Crippen LogP contribution in [0, 0.1) is 17.7 Å². The number of halogens is 2. The molecular formula is C15H20BrF. The minimum absolute atomic E-state index is 0.112. The van der Waals surface area contributed by atoms with Gasteiger partial charge in [0.1, 0.15) is 5.82 Å². The molecule has 0 spiro atoms. The number of alkyl halides is 1. The Morgan fingerprint density at radius 3 is 2.65 bits per heavy atom. The first-order chi connectivity index (χ1) is 8.29. The fraction of sp³-hybridized carbons (Fsp3) is 0.600. The Bertz CT molecular complexity index is 345. The highest BCUT2D eigenvalue weighted by Crippen LogP contribution is 2.33. The topological polar surface area (TPSA) is 0 Å². The fourth-order valence-electron chi connectivity index (χ4n) is 2.92. The summed E-state index contributed by atoms with van der Waals surface area (Å²) in [6.45, 7) is 0. The van der Waals surface area contributed by atoms with Crippen molar-refractivity contribution in [1.82, 2.24) is 0 Å². The minimum Gasteiger partial charge on any atom is -0.207 e. The Morgan fingerprint density at radius 1 is 1.24 bits per heavy atom. The second-order valence-electron chi connectivity index (χ2n) is 5.15. The SMILES string of the molecule is Fc1cccc(CC(CBr)C2CCCCC2)c1.